The molecule has 0 aromatic heterocycles. The average molecular weight is 114 g/mol. The third-order valence-corrected chi connectivity index (χ3v) is 0. The molecule has 4 heteroatoms. The van der Waals surface area contributed by atoms with E-state index in [0.29, 0.717) is 0 Å². The van der Waals surface area contributed by atoms with E-state index in [4.69, 9.17) is 0 Å². The van der Waals surface area contributed by atoms with Gasteiger partial charge in [-0.15, -0.1) is 0 Å². The Balaban J connectivity index is 0. The van der Waals surface area contributed by atoms with Gasteiger partial charge in [-0.25, -0.2) is 0 Å². The van der Waals surface area contributed by atoms with E-state index in [1.54, 1.807) is 0 Å². The van der Waals surface area contributed by atoms with Crippen molar-refractivity contribution in [3.8, 4) is 0 Å². The summed E-state index contributed by atoms with van der Waals surface area (Å²) in [6, 6.07) is 0. The van der Waals surface area contributed by atoms with Crippen LogP contribution in [0.4, 0.5) is 0 Å². The summed E-state index contributed by atoms with van der Waals surface area (Å²) in [4.78, 5) is 0. The van der Waals surface area contributed by atoms with Gasteiger partial charge in [-0.1, -0.05) is 0 Å². The molecule has 0 N–H and O–H groups in total. The third kappa shape index (κ3) is 9.00. The molecule has 10 radical (unpaired) electrons. The summed E-state index contributed by atoms with van der Waals surface area (Å²) in [5.41, 5.74) is 0. The van der Waals surface area contributed by atoms with Crippen LogP contribution in [0.3, 0.4) is 0 Å². The fourth-order valence-corrected chi connectivity index (χ4v) is 0. The molecular formula is NaPSSi. The van der Waals surface area contributed by atoms with Gasteiger partial charge in [-0.3, -0.25) is 0 Å². The Bertz CT molecular complexity index is 8.00. The second kappa shape index (κ2) is 20.0. The van der Waals surface area contributed by atoms with Crippen molar-refractivity contribution in [1.82, 2.24) is 0 Å². The van der Waals surface area contributed by atoms with Gasteiger partial charge in [0.2, 0.25) is 0 Å². The Morgan fingerprint density at radius 3 is 1.00 bits per heavy atom. The quantitative estimate of drug-likeness (QED) is 0.322. The maximum Gasteiger partial charge on any atom is 0 e. The monoisotopic (exact) mass is 114 g/mol. The molecule has 0 nitrogen and oxygen atoms in total. The van der Waals surface area contributed by atoms with E-state index in [-0.39, 0.29) is 63.9 Å². The van der Waals surface area contributed by atoms with Crippen LogP contribution in [0.5, 0.6) is 0 Å². The fourth-order valence-electron chi connectivity index (χ4n) is 0. The van der Waals surface area contributed by atoms with Gasteiger partial charge in [0.25, 0.3) is 0 Å². The van der Waals surface area contributed by atoms with E-state index in [0.717, 1.165) is 0 Å². The molecule has 0 spiro atoms. The summed E-state index contributed by atoms with van der Waals surface area (Å²) < 4.78 is 0. The smallest absolute Gasteiger partial charge is 0 e. The Kier molecular flexibility index (Phi) is 188. The first kappa shape index (κ1) is 37.6. The molecule has 0 fully saturated rings. The van der Waals surface area contributed by atoms with Gasteiger partial charge in [-0.05, 0) is 0 Å². The van der Waals surface area contributed by atoms with Crippen molar-refractivity contribution in [3.63, 3.8) is 0 Å². The summed E-state index contributed by atoms with van der Waals surface area (Å²) >= 11 is 0. The van der Waals surface area contributed by atoms with Gasteiger partial charge < -0.3 is 0 Å². The minimum atomic E-state index is 0. The molecule has 0 aliphatic rings. The minimum Gasteiger partial charge on any atom is 0 e. The molecule has 0 unspecified atom stereocenters. The van der Waals surface area contributed by atoms with E-state index in [1.807, 2.05) is 0 Å². The maximum atomic E-state index is 0. The van der Waals surface area contributed by atoms with Crippen LogP contribution in [0.2, 0.25) is 0 Å². The zero-order chi connectivity index (χ0) is 0. The first-order valence-electron chi connectivity index (χ1n) is 0. The Hall–Kier alpha value is 2.00. The molecule has 0 atom stereocenters. The second-order valence-electron chi connectivity index (χ2n) is 0. The van der Waals surface area contributed by atoms with E-state index in [9.17, 15) is 0 Å². The predicted molar refractivity (Wildman–Crippen MR) is 26.0 cm³/mol. The van der Waals surface area contributed by atoms with Crippen LogP contribution in [0, 0.1) is 0 Å². The molecule has 0 heterocycles. The van der Waals surface area contributed by atoms with Crippen LogP contribution in [0.25, 0.3) is 0 Å². The molecule has 0 bridgehead atoms. The molecule has 0 rings (SSSR count). The summed E-state index contributed by atoms with van der Waals surface area (Å²) in [7, 11) is 0. The van der Waals surface area contributed by atoms with Crippen molar-refractivity contribution in [2.45, 2.75) is 0 Å². The van der Waals surface area contributed by atoms with Crippen LogP contribution in [0.1, 0.15) is 0 Å². The van der Waals surface area contributed by atoms with Crippen molar-refractivity contribution < 1.29 is 0 Å². The molecule has 0 aromatic rings. The average Bonchev–Trinajstić information content (AvgIpc) is 0. The minimum absolute atomic E-state index is 0. The third-order valence-electron chi connectivity index (χ3n) is 0. The van der Waals surface area contributed by atoms with Crippen molar-refractivity contribution in [2.24, 2.45) is 0 Å². The van der Waals surface area contributed by atoms with Crippen molar-refractivity contribution in [1.29, 1.82) is 0 Å². The summed E-state index contributed by atoms with van der Waals surface area (Å²) in [6.07, 6.45) is 0. The van der Waals surface area contributed by atoms with Crippen LogP contribution < -0.4 is 0 Å². The van der Waals surface area contributed by atoms with Crippen LogP contribution in [-0.2, 0) is 0 Å². The van der Waals surface area contributed by atoms with Gasteiger partial charge in [0.05, 0.1) is 0 Å². The second-order valence-corrected chi connectivity index (χ2v) is 0. The Morgan fingerprint density at radius 2 is 1.00 bits per heavy atom. The molecule has 0 aromatic carbocycles. The maximum absolute atomic E-state index is 0. The van der Waals surface area contributed by atoms with Gasteiger partial charge >= 0.3 is 0 Å². The summed E-state index contributed by atoms with van der Waals surface area (Å²) in [6.45, 7) is 0. The topological polar surface area (TPSA) is 0 Å². The Labute approximate surface area is 63.5 Å². The number of hydrogen-bond donors (Lipinski definition) is 0. The normalized spacial score (nSPS) is 0. The molecule has 0 saturated carbocycles. The van der Waals surface area contributed by atoms with Crippen LogP contribution in [-0.4, -0.2) is 40.5 Å². The van der Waals surface area contributed by atoms with Gasteiger partial charge in [-0.2, -0.15) is 0 Å². The predicted octanol–water partition coefficient (Wildman–Crippen LogP) is 0.748. The van der Waals surface area contributed by atoms with Gasteiger partial charge in [0, 0.05) is 63.9 Å². The Morgan fingerprint density at radius 1 is 1.00 bits per heavy atom. The van der Waals surface area contributed by atoms with E-state index < -0.39 is 0 Å². The van der Waals surface area contributed by atoms with E-state index >= 15 is 0 Å². The molecule has 16 valence electrons. The zero-order valence-electron chi connectivity index (χ0n) is 2.36. The molecule has 0 saturated heterocycles. The first-order valence-corrected chi connectivity index (χ1v) is 0. The summed E-state index contributed by atoms with van der Waals surface area (Å²) in [5, 5.41) is 0. The molecule has 0 aliphatic heterocycles. The van der Waals surface area contributed by atoms with Crippen LogP contribution in [0.15, 0.2) is 0 Å². The number of rotatable bonds is 0. The van der Waals surface area contributed by atoms with Gasteiger partial charge in [0.1, 0.15) is 0 Å². The van der Waals surface area contributed by atoms with E-state index in [2.05, 4.69) is 0 Å². The fraction of sp³-hybridized carbons (Fsp3) is 0. The van der Waals surface area contributed by atoms with E-state index in [1.165, 1.54) is 0 Å². The molecular weight excluding hydrogens is 114 g/mol. The molecule has 0 aliphatic carbocycles. The van der Waals surface area contributed by atoms with Crippen molar-refractivity contribution >= 4 is 63.9 Å². The van der Waals surface area contributed by atoms with Gasteiger partial charge in [0.15, 0.2) is 0 Å². The van der Waals surface area contributed by atoms with Crippen LogP contribution >= 0.6 is 23.4 Å². The SMILES string of the molecule is [Na].[P].[S].[Si]. The van der Waals surface area contributed by atoms with Crippen molar-refractivity contribution in [3.05, 3.63) is 0 Å². The largest absolute Gasteiger partial charge is 0 e. The summed E-state index contributed by atoms with van der Waals surface area (Å²) in [5.74, 6) is 0. The zero-order valence-corrected chi connectivity index (χ0v) is 7.07. The first-order chi connectivity index (χ1) is 0. The molecule has 4 heavy (non-hydrogen) atoms. The van der Waals surface area contributed by atoms with Crippen molar-refractivity contribution in [2.75, 3.05) is 0 Å². The number of hydrogen-bond acceptors (Lipinski definition) is 0. The standard InChI is InChI=1S/Na.P.S.Si. The molecule has 0 amide bonds.